The van der Waals surface area contributed by atoms with Crippen molar-refractivity contribution in [3.8, 4) is 0 Å². The molecule has 1 atom stereocenters. The molecule has 0 spiro atoms. The average Bonchev–Trinajstić information content (AvgIpc) is 2.21. The van der Waals surface area contributed by atoms with E-state index < -0.39 is 0 Å². The summed E-state index contributed by atoms with van der Waals surface area (Å²) in [6, 6.07) is 4.10. The van der Waals surface area contributed by atoms with Crippen LogP contribution in [0.5, 0.6) is 0 Å². The van der Waals surface area contributed by atoms with Crippen LogP contribution in [0.3, 0.4) is 0 Å². The van der Waals surface area contributed by atoms with Gasteiger partial charge in [-0.2, -0.15) is 0 Å². The van der Waals surface area contributed by atoms with Crippen molar-refractivity contribution < 1.29 is 0 Å². The van der Waals surface area contributed by atoms with Gasteiger partial charge in [0.05, 0.1) is 6.04 Å². The maximum atomic E-state index is 4.05. The van der Waals surface area contributed by atoms with E-state index in [0.717, 1.165) is 12.1 Å². The lowest BCUT2D eigenvalue weighted by molar-refractivity contribution is 0.671. The third kappa shape index (κ3) is 2.84. The fourth-order valence-corrected chi connectivity index (χ4v) is 1.11. The van der Waals surface area contributed by atoms with Crippen molar-refractivity contribution in [1.82, 2.24) is 10.3 Å². The highest BCUT2D eigenvalue weighted by molar-refractivity contribution is 5.18. The molecule has 0 saturated carbocycles. The minimum absolute atomic E-state index is 0.159. The molecular formula is C11H14N2. The van der Waals surface area contributed by atoms with Gasteiger partial charge in [-0.05, 0) is 11.6 Å². The lowest BCUT2D eigenvalue weighted by Crippen LogP contribution is -2.19. The normalized spacial score (nSPS) is 12.0. The molecule has 0 aliphatic rings. The summed E-state index contributed by atoms with van der Waals surface area (Å²) in [5, 5.41) is 3.26. The van der Waals surface area contributed by atoms with Gasteiger partial charge in [0.2, 0.25) is 0 Å². The van der Waals surface area contributed by atoms with Crippen molar-refractivity contribution in [3.63, 3.8) is 0 Å². The molecule has 0 radical (unpaired) electrons. The zero-order valence-electron chi connectivity index (χ0n) is 7.61. The van der Waals surface area contributed by atoms with Gasteiger partial charge in [0.25, 0.3) is 0 Å². The number of aromatic nitrogens is 1. The highest BCUT2D eigenvalue weighted by Gasteiger charge is 2.03. The van der Waals surface area contributed by atoms with E-state index in [1.807, 2.05) is 30.5 Å². The first kappa shape index (κ1) is 9.68. The Labute approximate surface area is 79.0 Å². The maximum Gasteiger partial charge on any atom is 0.0521 e. The number of nitrogens with zero attached hydrogens (tertiary/aromatic N) is 1. The second kappa shape index (κ2) is 5.27. The van der Waals surface area contributed by atoms with E-state index in [9.17, 15) is 0 Å². The highest BCUT2D eigenvalue weighted by atomic mass is 14.9. The number of hydrogen-bond acceptors (Lipinski definition) is 2. The molecule has 1 N–H and O–H groups in total. The van der Waals surface area contributed by atoms with Gasteiger partial charge in [0.1, 0.15) is 0 Å². The minimum Gasteiger partial charge on any atom is -0.303 e. The topological polar surface area (TPSA) is 24.9 Å². The third-order valence-electron chi connectivity index (χ3n) is 1.76. The number of pyridine rings is 1. The van der Waals surface area contributed by atoms with E-state index in [2.05, 4.69) is 23.5 Å². The van der Waals surface area contributed by atoms with Crippen LogP contribution in [-0.2, 0) is 0 Å². The molecule has 1 heterocycles. The Morgan fingerprint density at radius 3 is 2.92 bits per heavy atom. The molecule has 2 nitrogen and oxygen atoms in total. The Kier molecular flexibility index (Phi) is 3.93. The van der Waals surface area contributed by atoms with Crippen molar-refractivity contribution in [3.05, 3.63) is 55.4 Å². The van der Waals surface area contributed by atoms with Gasteiger partial charge in [0.15, 0.2) is 0 Å². The molecule has 2 heteroatoms. The molecule has 0 aliphatic carbocycles. The lowest BCUT2D eigenvalue weighted by atomic mass is 10.1. The van der Waals surface area contributed by atoms with Crippen molar-refractivity contribution in [2.75, 3.05) is 6.54 Å². The third-order valence-corrected chi connectivity index (χ3v) is 1.76. The number of rotatable bonds is 5. The summed E-state index contributed by atoms with van der Waals surface area (Å²) in [5.41, 5.74) is 1.12. The molecule has 0 amide bonds. The van der Waals surface area contributed by atoms with E-state index in [0.29, 0.717) is 0 Å². The van der Waals surface area contributed by atoms with Crippen molar-refractivity contribution in [2.45, 2.75) is 6.04 Å². The summed E-state index contributed by atoms with van der Waals surface area (Å²) < 4.78 is 0. The molecule has 0 saturated heterocycles. The van der Waals surface area contributed by atoms with Crippen LogP contribution < -0.4 is 5.32 Å². The molecule has 0 fully saturated rings. The summed E-state index contributed by atoms with van der Waals surface area (Å²) in [6.45, 7) is 8.18. The molecule has 1 aromatic rings. The van der Waals surface area contributed by atoms with Crippen LogP contribution in [0.15, 0.2) is 49.8 Å². The second-order valence-electron chi connectivity index (χ2n) is 2.70. The summed E-state index contributed by atoms with van der Waals surface area (Å²) in [6.07, 6.45) is 7.28. The van der Waals surface area contributed by atoms with Crippen molar-refractivity contribution >= 4 is 0 Å². The average molecular weight is 174 g/mol. The fraction of sp³-hybridized carbons (Fsp3) is 0.182. The van der Waals surface area contributed by atoms with Gasteiger partial charge in [-0.1, -0.05) is 18.2 Å². The Hall–Kier alpha value is -1.41. The molecule has 0 aromatic carbocycles. The SMILES string of the molecule is C=CCN[C@@H](C=C)c1cccnc1. The van der Waals surface area contributed by atoms with Crippen LogP contribution >= 0.6 is 0 Å². The molecule has 1 aromatic heterocycles. The molecule has 1 rings (SSSR count). The van der Waals surface area contributed by atoms with Crippen LogP contribution in [0.1, 0.15) is 11.6 Å². The zero-order valence-corrected chi connectivity index (χ0v) is 7.61. The monoisotopic (exact) mass is 174 g/mol. The lowest BCUT2D eigenvalue weighted by Gasteiger charge is -2.12. The van der Waals surface area contributed by atoms with Crippen molar-refractivity contribution in [1.29, 1.82) is 0 Å². The van der Waals surface area contributed by atoms with Crippen LogP contribution in [0.4, 0.5) is 0 Å². The first-order valence-corrected chi connectivity index (χ1v) is 4.25. The minimum atomic E-state index is 0.159. The second-order valence-corrected chi connectivity index (χ2v) is 2.70. The van der Waals surface area contributed by atoms with Gasteiger partial charge in [-0.3, -0.25) is 4.98 Å². The summed E-state index contributed by atoms with van der Waals surface area (Å²) in [7, 11) is 0. The van der Waals surface area contributed by atoms with Crippen LogP contribution in [0, 0.1) is 0 Å². The first-order valence-electron chi connectivity index (χ1n) is 4.25. The smallest absolute Gasteiger partial charge is 0.0521 e. The Morgan fingerprint density at radius 2 is 2.38 bits per heavy atom. The van der Waals surface area contributed by atoms with Crippen LogP contribution in [-0.4, -0.2) is 11.5 Å². The largest absolute Gasteiger partial charge is 0.303 e. The number of nitrogens with one attached hydrogen (secondary N) is 1. The molecule has 0 unspecified atom stereocenters. The Bertz CT molecular complexity index is 267. The number of hydrogen-bond donors (Lipinski definition) is 1. The van der Waals surface area contributed by atoms with Gasteiger partial charge in [-0.15, -0.1) is 13.2 Å². The van der Waals surface area contributed by atoms with Crippen molar-refractivity contribution in [2.24, 2.45) is 0 Å². The molecule has 0 bridgehead atoms. The summed E-state index contributed by atoms with van der Waals surface area (Å²) in [4.78, 5) is 4.05. The molecule has 13 heavy (non-hydrogen) atoms. The summed E-state index contributed by atoms with van der Waals surface area (Å²) >= 11 is 0. The maximum absolute atomic E-state index is 4.05. The molecule has 68 valence electrons. The van der Waals surface area contributed by atoms with E-state index in [-0.39, 0.29) is 6.04 Å². The standard InChI is InChI=1S/C11H14N2/c1-3-7-13-11(4-2)10-6-5-8-12-9-10/h3-6,8-9,11,13H,1-2,7H2/t11-/m0/s1. The first-order chi connectivity index (χ1) is 6.38. The summed E-state index contributed by atoms with van der Waals surface area (Å²) in [5.74, 6) is 0. The molecule has 0 aliphatic heterocycles. The Balaban J connectivity index is 2.66. The van der Waals surface area contributed by atoms with Gasteiger partial charge in [-0.25, -0.2) is 0 Å². The quantitative estimate of drug-likeness (QED) is 0.691. The highest BCUT2D eigenvalue weighted by Crippen LogP contribution is 2.11. The van der Waals surface area contributed by atoms with E-state index >= 15 is 0 Å². The van der Waals surface area contributed by atoms with Crippen LogP contribution in [0.25, 0.3) is 0 Å². The van der Waals surface area contributed by atoms with Crippen LogP contribution in [0.2, 0.25) is 0 Å². The van der Waals surface area contributed by atoms with Gasteiger partial charge >= 0.3 is 0 Å². The zero-order chi connectivity index (χ0) is 9.52. The van der Waals surface area contributed by atoms with Gasteiger partial charge < -0.3 is 5.32 Å². The fourth-order valence-electron chi connectivity index (χ4n) is 1.11. The van der Waals surface area contributed by atoms with Gasteiger partial charge in [0, 0.05) is 18.9 Å². The Morgan fingerprint density at radius 1 is 1.54 bits per heavy atom. The predicted octanol–water partition coefficient (Wildman–Crippen LogP) is 2.08. The van der Waals surface area contributed by atoms with E-state index in [1.54, 1.807) is 6.20 Å². The van der Waals surface area contributed by atoms with E-state index in [1.165, 1.54) is 0 Å². The predicted molar refractivity (Wildman–Crippen MR) is 55.4 cm³/mol. The van der Waals surface area contributed by atoms with E-state index in [4.69, 9.17) is 0 Å². The molecular weight excluding hydrogens is 160 g/mol.